The molecule has 0 aliphatic carbocycles. The molecular formula is C9H14N2O4S. The predicted octanol–water partition coefficient (Wildman–Crippen LogP) is -0.576. The number of hydrogen-bond donors (Lipinski definition) is 3. The summed E-state index contributed by atoms with van der Waals surface area (Å²) >= 11 is 0. The number of pyridine rings is 1. The summed E-state index contributed by atoms with van der Waals surface area (Å²) in [5, 5.41) is 8.97. The summed E-state index contributed by atoms with van der Waals surface area (Å²) in [4.78, 5) is 13.0. The Hall–Kier alpha value is -1.18. The monoisotopic (exact) mass is 246 g/mol. The van der Waals surface area contributed by atoms with Crippen molar-refractivity contribution in [2.45, 2.75) is 24.3 Å². The average molecular weight is 246 g/mol. The second kappa shape index (κ2) is 5.24. The quantitative estimate of drug-likeness (QED) is 0.647. The van der Waals surface area contributed by atoms with E-state index < -0.39 is 16.1 Å². The second-order valence-electron chi connectivity index (χ2n) is 3.42. The van der Waals surface area contributed by atoms with E-state index in [-0.39, 0.29) is 17.0 Å². The van der Waals surface area contributed by atoms with Gasteiger partial charge < -0.3 is 10.1 Å². The van der Waals surface area contributed by atoms with Gasteiger partial charge in [-0.1, -0.05) is 0 Å². The van der Waals surface area contributed by atoms with E-state index in [1.165, 1.54) is 6.07 Å². The van der Waals surface area contributed by atoms with Gasteiger partial charge in [0.1, 0.15) is 0 Å². The maximum atomic E-state index is 11.6. The van der Waals surface area contributed by atoms with Gasteiger partial charge in [-0.25, -0.2) is 13.1 Å². The minimum absolute atomic E-state index is 0.00214. The van der Waals surface area contributed by atoms with Crippen molar-refractivity contribution in [3.8, 4) is 0 Å². The normalized spacial score (nSPS) is 13.6. The highest BCUT2D eigenvalue weighted by atomic mass is 32.2. The number of hydrogen-bond acceptors (Lipinski definition) is 4. The minimum Gasteiger partial charge on any atom is -0.393 e. The summed E-state index contributed by atoms with van der Waals surface area (Å²) in [7, 11) is -3.60. The Balaban J connectivity index is 2.71. The summed E-state index contributed by atoms with van der Waals surface area (Å²) in [5.74, 6) is 0. The average Bonchev–Trinajstić information content (AvgIpc) is 2.17. The van der Waals surface area contributed by atoms with Crippen LogP contribution in [0.5, 0.6) is 0 Å². The first-order chi connectivity index (χ1) is 7.42. The van der Waals surface area contributed by atoms with Crippen molar-refractivity contribution >= 4 is 10.0 Å². The molecule has 1 unspecified atom stereocenters. The SMILES string of the molecule is CC(O)CCNS(=O)(=O)c1ccc(=O)[nH]c1. The lowest BCUT2D eigenvalue weighted by Gasteiger charge is -2.07. The van der Waals surface area contributed by atoms with Crippen LogP contribution in [0.1, 0.15) is 13.3 Å². The Morgan fingerprint density at radius 2 is 2.19 bits per heavy atom. The van der Waals surface area contributed by atoms with Crippen molar-refractivity contribution in [2.75, 3.05) is 6.54 Å². The molecule has 90 valence electrons. The van der Waals surface area contributed by atoms with Crippen molar-refractivity contribution in [3.63, 3.8) is 0 Å². The molecule has 0 aliphatic heterocycles. The standard InChI is InChI=1S/C9H14N2O4S/c1-7(12)4-5-11-16(14,15)8-2-3-9(13)10-6-8/h2-3,6-7,11-12H,4-5H2,1H3,(H,10,13). The van der Waals surface area contributed by atoms with Crippen LogP contribution >= 0.6 is 0 Å². The molecule has 0 spiro atoms. The van der Waals surface area contributed by atoms with E-state index in [2.05, 4.69) is 9.71 Å². The Kier molecular flexibility index (Phi) is 4.22. The fourth-order valence-electron chi connectivity index (χ4n) is 1.05. The van der Waals surface area contributed by atoms with Gasteiger partial charge >= 0.3 is 0 Å². The summed E-state index contributed by atoms with van der Waals surface area (Å²) in [5.41, 5.74) is -0.358. The second-order valence-corrected chi connectivity index (χ2v) is 5.19. The van der Waals surface area contributed by atoms with Gasteiger partial charge in [0.05, 0.1) is 11.0 Å². The number of aliphatic hydroxyl groups is 1. The largest absolute Gasteiger partial charge is 0.393 e. The summed E-state index contributed by atoms with van der Waals surface area (Å²) in [6, 6.07) is 2.37. The van der Waals surface area contributed by atoms with E-state index in [1.807, 2.05) is 0 Å². The highest BCUT2D eigenvalue weighted by molar-refractivity contribution is 7.89. The number of rotatable bonds is 5. The van der Waals surface area contributed by atoms with Crippen LogP contribution in [0.15, 0.2) is 28.0 Å². The zero-order valence-electron chi connectivity index (χ0n) is 8.80. The zero-order chi connectivity index (χ0) is 12.2. The van der Waals surface area contributed by atoms with E-state index in [1.54, 1.807) is 6.92 Å². The molecule has 0 fully saturated rings. The first-order valence-electron chi connectivity index (χ1n) is 4.78. The highest BCUT2D eigenvalue weighted by Gasteiger charge is 2.13. The van der Waals surface area contributed by atoms with Crippen LogP contribution in [0.25, 0.3) is 0 Å². The molecular weight excluding hydrogens is 232 g/mol. The van der Waals surface area contributed by atoms with Crippen molar-refractivity contribution in [3.05, 3.63) is 28.7 Å². The Labute approximate surface area is 93.4 Å². The summed E-state index contributed by atoms with van der Waals surface area (Å²) in [6.45, 7) is 1.73. The predicted molar refractivity (Wildman–Crippen MR) is 58.5 cm³/mol. The topological polar surface area (TPSA) is 99.3 Å². The molecule has 0 aromatic carbocycles. The third-order valence-corrected chi connectivity index (χ3v) is 3.38. The lowest BCUT2D eigenvalue weighted by Crippen LogP contribution is -2.27. The molecule has 0 saturated heterocycles. The molecule has 0 bridgehead atoms. The first-order valence-corrected chi connectivity index (χ1v) is 6.26. The first kappa shape index (κ1) is 12.9. The molecule has 1 heterocycles. The number of nitrogens with one attached hydrogen (secondary N) is 2. The highest BCUT2D eigenvalue weighted by Crippen LogP contribution is 2.03. The molecule has 0 amide bonds. The van der Waals surface area contributed by atoms with Crippen LogP contribution in [0, 0.1) is 0 Å². The molecule has 1 aromatic rings. The molecule has 0 saturated carbocycles. The molecule has 1 atom stereocenters. The van der Waals surface area contributed by atoms with Crippen LogP contribution in [0.3, 0.4) is 0 Å². The lowest BCUT2D eigenvalue weighted by atomic mass is 10.3. The number of sulfonamides is 1. The van der Waals surface area contributed by atoms with Crippen molar-refractivity contribution < 1.29 is 13.5 Å². The minimum atomic E-state index is -3.60. The van der Waals surface area contributed by atoms with Gasteiger partial charge in [-0.2, -0.15) is 0 Å². The molecule has 0 aliphatic rings. The van der Waals surface area contributed by atoms with Gasteiger partial charge in [-0.15, -0.1) is 0 Å². The van der Waals surface area contributed by atoms with E-state index in [0.717, 1.165) is 12.3 Å². The maximum Gasteiger partial charge on any atom is 0.247 e. The summed E-state index contributed by atoms with van der Waals surface area (Å²) in [6.07, 6.45) is 0.911. The van der Waals surface area contributed by atoms with Crippen LogP contribution in [-0.2, 0) is 10.0 Å². The summed E-state index contributed by atoms with van der Waals surface area (Å²) < 4.78 is 25.5. The van der Waals surface area contributed by atoms with Crippen LogP contribution in [-0.4, -0.2) is 31.2 Å². The Morgan fingerprint density at radius 1 is 1.50 bits per heavy atom. The van der Waals surface area contributed by atoms with Gasteiger partial charge in [0, 0.05) is 18.8 Å². The molecule has 3 N–H and O–H groups in total. The molecule has 7 heteroatoms. The third kappa shape index (κ3) is 3.76. The van der Waals surface area contributed by atoms with Crippen molar-refractivity contribution in [2.24, 2.45) is 0 Å². The fourth-order valence-corrected chi connectivity index (χ4v) is 2.06. The van der Waals surface area contributed by atoms with Crippen LogP contribution in [0.2, 0.25) is 0 Å². The van der Waals surface area contributed by atoms with Gasteiger partial charge in [0.15, 0.2) is 0 Å². The van der Waals surface area contributed by atoms with Gasteiger partial charge in [-0.3, -0.25) is 4.79 Å². The van der Waals surface area contributed by atoms with Crippen molar-refractivity contribution in [1.82, 2.24) is 9.71 Å². The third-order valence-electron chi connectivity index (χ3n) is 1.92. The molecule has 16 heavy (non-hydrogen) atoms. The van der Waals surface area contributed by atoms with Crippen LogP contribution in [0.4, 0.5) is 0 Å². The molecule has 0 radical (unpaired) electrons. The maximum absolute atomic E-state index is 11.6. The van der Waals surface area contributed by atoms with Crippen molar-refractivity contribution in [1.29, 1.82) is 0 Å². The van der Waals surface area contributed by atoms with E-state index >= 15 is 0 Å². The van der Waals surface area contributed by atoms with E-state index in [0.29, 0.717) is 6.42 Å². The fraction of sp³-hybridized carbons (Fsp3) is 0.444. The van der Waals surface area contributed by atoms with Gasteiger partial charge in [-0.05, 0) is 19.4 Å². The van der Waals surface area contributed by atoms with E-state index in [4.69, 9.17) is 5.11 Å². The Morgan fingerprint density at radius 3 is 2.69 bits per heavy atom. The zero-order valence-corrected chi connectivity index (χ0v) is 9.62. The van der Waals surface area contributed by atoms with Gasteiger partial charge in [0.2, 0.25) is 15.6 Å². The number of aromatic amines is 1. The number of H-pyrrole nitrogens is 1. The molecule has 1 rings (SSSR count). The smallest absolute Gasteiger partial charge is 0.247 e. The van der Waals surface area contributed by atoms with Gasteiger partial charge in [0.25, 0.3) is 0 Å². The number of aromatic nitrogens is 1. The molecule has 1 aromatic heterocycles. The number of aliphatic hydroxyl groups excluding tert-OH is 1. The molecule has 6 nitrogen and oxygen atoms in total. The van der Waals surface area contributed by atoms with Crippen LogP contribution < -0.4 is 10.3 Å². The lowest BCUT2D eigenvalue weighted by molar-refractivity contribution is 0.186. The van der Waals surface area contributed by atoms with E-state index in [9.17, 15) is 13.2 Å². The Bertz CT molecular complexity index is 472.